The Bertz CT molecular complexity index is 1210. The van der Waals surface area contributed by atoms with Gasteiger partial charge >= 0.3 is 12.1 Å². The van der Waals surface area contributed by atoms with E-state index in [1.165, 1.54) is 17.0 Å². The fourth-order valence-corrected chi connectivity index (χ4v) is 4.60. The molecular weight excluding hydrogens is 526 g/mol. The third-order valence-corrected chi connectivity index (χ3v) is 6.60. The molecule has 3 amide bonds. The Balaban J connectivity index is 1.98. The predicted octanol–water partition coefficient (Wildman–Crippen LogP) is 3.88. The fourth-order valence-electron chi connectivity index (χ4n) is 4.60. The van der Waals surface area contributed by atoms with Gasteiger partial charge in [0, 0.05) is 19.0 Å². The molecule has 0 heterocycles. The Morgan fingerprint density at radius 3 is 2.34 bits per heavy atom. The van der Waals surface area contributed by atoms with Crippen LogP contribution in [0.2, 0.25) is 0 Å². The summed E-state index contributed by atoms with van der Waals surface area (Å²) in [6.07, 6.45) is 0.0650. The first kappa shape index (κ1) is 31.4. The van der Waals surface area contributed by atoms with Crippen LogP contribution in [0.3, 0.4) is 0 Å². The number of esters is 1. The fraction of sp³-hybridized carbons (Fsp3) is 0.484. The van der Waals surface area contributed by atoms with Crippen molar-refractivity contribution in [3.8, 4) is 5.75 Å². The van der Waals surface area contributed by atoms with Crippen LogP contribution in [0.15, 0.2) is 54.6 Å². The highest BCUT2D eigenvalue weighted by Crippen LogP contribution is 2.41. The third kappa shape index (κ3) is 9.51. The minimum atomic E-state index is -1.12. The smallest absolute Gasteiger partial charge is 0.408 e. The second kappa shape index (κ2) is 14.0. The summed E-state index contributed by atoms with van der Waals surface area (Å²) < 4.78 is 10.4. The van der Waals surface area contributed by atoms with Gasteiger partial charge in [-0.1, -0.05) is 49.4 Å². The summed E-state index contributed by atoms with van der Waals surface area (Å²) in [6, 6.07) is 13.0. The van der Waals surface area contributed by atoms with Crippen molar-refractivity contribution in [3.63, 3.8) is 0 Å². The zero-order chi connectivity index (χ0) is 30.2. The van der Waals surface area contributed by atoms with Crippen LogP contribution >= 0.6 is 0 Å². The lowest BCUT2D eigenvalue weighted by molar-refractivity contribution is -0.145. The molecule has 0 radical (unpaired) electrons. The van der Waals surface area contributed by atoms with E-state index < -0.39 is 41.6 Å². The van der Waals surface area contributed by atoms with E-state index in [1.807, 2.05) is 37.3 Å². The van der Waals surface area contributed by atoms with E-state index in [4.69, 9.17) is 9.47 Å². The lowest BCUT2D eigenvalue weighted by Gasteiger charge is -2.35. The minimum absolute atomic E-state index is 0.0127. The monoisotopic (exact) mass is 567 g/mol. The van der Waals surface area contributed by atoms with Crippen LogP contribution in [0, 0.1) is 5.92 Å². The molecule has 1 aliphatic rings. The lowest BCUT2D eigenvalue weighted by atomic mass is 9.99. The molecule has 1 aliphatic carbocycles. The molecule has 4 atom stereocenters. The molecule has 0 aliphatic heterocycles. The molecular formula is C31H41N3O7. The number of carbonyl (C=O) groups is 4. The molecule has 0 spiro atoms. The van der Waals surface area contributed by atoms with Crippen LogP contribution in [0.5, 0.6) is 5.75 Å². The molecule has 0 saturated heterocycles. The SMILES string of the molecule is CCOC(=O)CCNC(=O)C(c1cccc(O)c1)N(C(=O)C(Cc1ccccc1)NC(=O)OC(C)(C)C)C1CC1C. The number of nitrogens with one attached hydrogen (secondary N) is 2. The first-order chi connectivity index (χ1) is 19.4. The third-order valence-electron chi connectivity index (χ3n) is 6.60. The van der Waals surface area contributed by atoms with Gasteiger partial charge < -0.3 is 30.1 Å². The average Bonchev–Trinajstić information content (AvgIpc) is 3.61. The van der Waals surface area contributed by atoms with E-state index >= 15 is 0 Å². The van der Waals surface area contributed by atoms with E-state index in [2.05, 4.69) is 10.6 Å². The molecule has 41 heavy (non-hydrogen) atoms. The number of benzene rings is 2. The van der Waals surface area contributed by atoms with Crippen molar-refractivity contribution in [3.05, 3.63) is 65.7 Å². The van der Waals surface area contributed by atoms with E-state index in [-0.39, 0.29) is 43.7 Å². The molecule has 10 nitrogen and oxygen atoms in total. The normalized spacial score (nSPS) is 17.5. The highest BCUT2D eigenvalue weighted by Gasteiger charge is 2.48. The molecule has 222 valence electrons. The second-order valence-corrected chi connectivity index (χ2v) is 11.3. The van der Waals surface area contributed by atoms with Crippen LogP contribution in [0.25, 0.3) is 0 Å². The number of carbonyl (C=O) groups excluding carboxylic acids is 4. The lowest BCUT2D eigenvalue weighted by Crippen LogP contribution is -2.54. The zero-order valence-corrected chi connectivity index (χ0v) is 24.4. The summed E-state index contributed by atoms with van der Waals surface area (Å²) in [7, 11) is 0. The molecule has 0 aromatic heterocycles. The first-order valence-electron chi connectivity index (χ1n) is 14.0. The van der Waals surface area contributed by atoms with Gasteiger partial charge in [-0.05, 0) is 63.3 Å². The molecule has 0 bridgehead atoms. The molecule has 10 heteroatoms. The number of phenolic OH excluding ortho intramolecular Hbond substituents is 1. The molecule has 1 saturated carbocycles. The van der Waals surface area contributed by atoms with E-state index in [1.54, 1.807) is 39.8 Å². The Morgan fingerprint density at radius 1 is 1.07 bits per heavy atom. The second-order valence-electron chi connectivity index (χ2n) is 11.3. The van der Waals surface area contributed by atoms with Gasteiger partial charge in [0.05, 0.1) is 13.0 Å². The zero-order valence-electron chi connectivity index (χ0n) is 24.4. The van der Waals surface area contributed by atoms with Crippen molar-refractivity contribution in [2.24, 2.45) is 5.92 Å². The number of hydrogen-bond donors (Lipinski definition) is 3. The summed E-state index contributed by atoms with van der Waals surface area (Å²) in [5.74, 6) is -1.36. The summed E-state index contributed by atoms with van der Waals surface area (Å²) in [5.41, 5.74) is 0.443. The number of aromatic hydroxyl groups is 1. The Kier molecular flexibility index (Phi) is 10.7. The van der Waals surface area contributed by atoms with Crippen LogP contribution in [-0.4, -0.2) is 64.7 Å². The largest absolute Gasteiger partial charge is 0.508 e. The van der Waals surface area contributed by atoms with Crippen molar-refractivity contribution in [1.29, 1.82) is 0 Å². The highest BCUT2D eigenvalue weighted by atomic mass is 16.6. The quantitative estimate of drug-likeness (QED) is 0.332. The first-order valence-corrected chi connectivity index (χ1v) is 14.0. The van der Waals surface area contributed by atoms with E-state index in [0.717, 1.165) is 5.56 Å². The van der Waals surface area contributed by atoms with Gasteiger partial charge in [0.1, 0.15) is 23.4 Å². The maximum absolute atomic E-state index is 14.4. The summed E-state index contributed by atoms with van der Waals surface area (Å²) in [5, 5.41) is 15.7. The van der Waals surface area contributed by atoms with Gasteiger partial charge in [-0.2, -0.15) is 0 Å². The number of ether oxygens (including phenoxy) is 2. The minimum Gasteiger partial charge on any atom is -0.508 e. The van der Waals surface area contributed by atoms with Crippen LogP contribution in [0.4, 0.5) is 4.79 Å². The molecule has 2 aromatic carbocycles. The Morgan fingerprint density at radius 2 is 1.76 bits per heavy atom. The van der Waals surface area contributed by atoms with Gasteiger partial charge in [-0.15, -0.1) is 0 Å². The molecule has 2 aromatic rings. The summed E-state index contributed by atoms with van der Waals surface area (Å²) in [4.78, 5) is 54.3. The number of amides is 3. The van der Waals surface area contributed by atoms with Crippen molar-refractivity contribution >= 4 is 23.9 Å². The molecule has 3 rings (SSSR count). The van der Waals surface area contributed by atoms with Crippen LogP contribution in [0.1, 0.15) is 64.6 Å². The van der Waals surface area contributed by atoms with Crippen molar-refractivity contribution in [2.75, 3.05) is 13.2 Å². The molecule has 4 unspecified atom stereocenters. The number of phenols is 1. The van der Waals surface area contributed by atoms with E-state index in [0.29, 0.717) is 12.0 Å². The number of nitrogens with zero attached hydrogens (tertiary/aromatic N) is 1. The number of rotatable bonds is 12. The predicted molar refractivity (Wildman–Crippen MR) is 153 cm³/mol. The van der Waals surface area contributed by atoms with Crippen LogP contribution in [-0.2, 0) is 30.3 Å². The topological polar surface area (TPSA) is 134 Å². The maximum Gasteiger partial charge on any atom is 0.408 e. The standard InChI is InChI=1S/C31H41N3O7/c1-6-40-26(36)15-16-32-28(37)27(22-13-10-14-23(35)19-22)34(25-17-20(25)2)29(38)24(18-21-11-8-7-9-12-21)33-30(39)41-31(3,4)5/h7-14,19-20,24-25,27,35H,6,15-18H2,1-5H3,(H,32,37)(H,33,39). The molecule has 1 fully saturated rings. The average molecular weight is 568 g/mol. The van der Waals surface area contributed by atoms with Crippen LogP contribution < -0.4 is 10.6 Å². The summed E-state index contributed by atoms with van der Waals surface area (Å²) >= 11 is 0. The number of alkyl carbamates (subject to hydrolysis) is 1. The van der Waals surface area contributed by atoms with Gasteiger partial charge in [0.15, 0.2) is 0 Å². The van der Waals surface area contributed by atoms with Crippen molar-refractivity contribution in [2.45, 2.75) is 77.6 Å². The van der Waals surface area contributed by atoms with E-state index in [9.17, 15) is 24.3 Å². The molecule has 3 N–H and O–H groups in total. The Hall–Kier alpha value is -4.08. The van der Waals surface area contributed by atoms with Crippen molar-refractivity contribution in [1.82, 2.24) is 15.5 Å². The maximum atomic E-state index is 14.4. The van der Waals surface area contributed by atoms with Gasteiger partial charge in [-0.25, -0.2) is 4.79 Å². The van der Waals surface area contributed by atoms with Crippen molar-refractivity contribution < 1.29 is 33.8 Å². The van der Waals surface area contributed by atoms with Gasteiger partial charge in [-0.3, -0.25) is 14.4 Å². The highest BCUT2D eigenvalue weighted by molar-refractivity contribution is 5.93. The van der Waals surface area contributed by atoms with Gasteiger partial charge in [0.25, 0.3) is 0 Å². The Labute approximate surface area is 241 Å². The summed E-state index contributed by atoms with van der Waals surface area (Å²) in [6.45, 7) is 9.13. The number of hydrogen-bond acceptors (Lipinski definition) is 7. The van der Waals surface area contributed by atoms with Gasteiger partial charge in [0.2, 0.25) is 11.8 Å².